The van der Waals surface area contributed by atoms with Crippen LogP contribution in [0, 0.1) is 0 Å². The zero-order chi connectivity index (χ0) is 7.61. The molecule has 0 spiro atoms. The third kappa shape index (κ3) is 1.99. The normalized spacial score (nSPS) is 27.7. The van der Waals surface area contributed by atoms with Gasteiger partial charge in [0.2, 0.25) is 0 Å². The Hall–Kier alpha value is -0.0200. The minimum Gasteiger partial charge on any atom is -0.253 e. The third-order valence-electron chi connectivity index (χ3n) is 1.86. The van der Waals surface area contributed by atoms with Crippen molar-refractivity contribution in [3.63, 3.8) is 0 Å². The van der Waals surface area contributed by atoms with Crippen molar-refractivity contribution in [2.75, 3.05) is 19.3 Å². The molecule has 1 unspecified atom stereocenters. The first-order chi connectivity index (χ1) is 4.61. The zero-order valence-electron chi connectivity index (χ0n) is 6.51. The van der Waals surface area contributed by atoms with Gasteiger partial charge in [-0.2, -0.15) is 0 Å². The van der Waals surface area contributed by atoms with Gasteiger partial charge in [0, 0.05) is 29.1 Å². The van der Waals surface area contributed by atoms with Gasteiger partial charge in [0.25, 0.3) is 0 Å². The predicted octanol–water partition coefficient (Wildman–Crippen LogP) is 0.733. The molecule has 0 N–H and O–H groups in total. The smallest absolute Gasteiger partial charge is 0.0245 e. The summed E-state index contributed by atoms with van der Waals surface area (Å²) < 4.78 is 13.4. The summed E-state index contributed by atoms with van der Waals surface area (Å²) in [6.07, 6.45) is 5.37. The number of hydrogen-bond donors (Lipinski definition) is 0. The molecular formula is C7H15NOS. The van der Waals surface area contributed by atoms with Gasteiger partial charge in [-0.15, -0.1) is 0 Å². The zero-order valence-corrected chi connectivity index (χ0v) is 7.32. The van der Waals surface area contributed by atoms with Gasteiger partial charge in [-0.1, -0.05) is 6.42 Å². The fourth-order valence-corrected chi connectivity index (χ4v) is 2.28. The standard InChI is InChI=1S/C7H15NOS/c1-10(2,9)8-6-4-3-5-7-8/h1,3-7H2,2H3. The van der Waals surface area contributed by atoms with Crippen LogP contribution in [0.15, 0.2) is 0 Å². The molecule has 1 aliphatic heterocycles. The number of piperidine rings is 1. The van der Waals surface area contributed by atoms with Crippen molar-refractivity contribution in [2.24, 2.45) is 0 Å². The Labute approximate surface area is 63.4 Å². The van der Waals surface area contributed by atoms with Crippen molar-refractivity contribution >= 4 is 15.6 Å². The molecule has 1 saturated heterocycles. The minimum atomic E-state index is -1.89. The highest BCUT2D eigenvalue weighted by atomic mass is 32.2. The highest BCUT2D eigenvalue weighted by molar-refractivity contribution is 7.97. The first kappa shape index (κ1) is 8.08. The van der Waals surface area contributed by atoms with Gasteiger partial charge >= 0.3 is 0 Å². The molecule has 0 aromatic heterocycles. The molecule has 0 aromatic rings. The number of rotatable bonds is 1. The summed E-state index contributed by atoms with van der Waals surface area (Å²) in [7, 11) is -1.89. The van der Waals surface area contributed by atoms with Crippen molar-refractivity contribution in [3.8, 4) is 0 Å². The minimum absolute atomic E-state index is 0.971. The van der Waals surface area contributed by atoms with Gasteiger partial charge in [-0.25, -0.2) is 4.31 Å². The molecule has 0 aliphatic carbocycles. The summed E-state index contributed by atoms with van der Waals surface area (Å²) in [6.45, 7) is 1.94. The second kappa shape index (κ2) is 2.93. The van der Waals surface area contributed by atoms with E-state index in [0.717, 1.165) is 13.1 Å². The maximum atomic E-state index is 11.4. The van der Waals surface area contributed by atoms with Gasteiger partial charge in [0.05, 0.1) is 0 Å². The molecule has 0 amide bonds. The molecule has 3 heteroatoms. The Morgan fingerprint density at radius 1 is 1.30 bits per heavy atom. The van der Waals surface area contributed by atoms with Crippen LogP contribution in [0.2, 0.25) is 0 Å². The molecule has 0 aromatic carbocycles. The van der Waals surface area contributed by atoms with Gasteiger partial charge in [0.15, 0.2) is 0 Å². The SMILES string of the molecule is C=S(C)(=O)N1CCCCC1. The molecule has 1 atom stereocenters. The lowest BCUT2D eigenvalue weighted by atomic mass is 10.2. The van der Waals surface area contributed by atoms with Gasteiger partial charge < -0.3 is 0 Å². The molecule has 1 fully saturated rings. The lowest BCUT2D eigenvalue weighted by Crippen LogP contribution is -2.34. The van der Waals surface area contributed by atoms with E-state index in [0.29, 0.717) is 0 Å². The van der Waals surface area contributed by atoms with Crippen molar-refractivity contribution in [2.45, 2.75) is 19.3 Å². The average molecular weight is 161 g/mol. The number of hydrogen-bond acceptors (Lipinski definition) is 1. The summed E-state index contributed by atoms with van der Waals surface area (Å²) in [5.41, 5.74) is 0. The molecule has 1 heterocycles. The Bertz CT molecular complexity index is 190. The predicted molar refractivity (Wildman–Crippen MR) is 46.6 cm³/mol. The van der Waals surface area contributed by atoms with Crippen LogP contribution in [-0.4, -0.2) is 33.7 Å². The molecule has 1 rings (SSSR count). The topological polar surface area (TPSA) is 20.3 Å². The van der Waals surface area contributed by atoms with Crippen LogP contribution in [0.3, 0.4) is 0 Å². The number of nitrogens with zero attached hydrogens (tertiary/aromatic N) is 1. The highest BCUT2D eigenvalue weighted by Gasteiger charge is 2.13. The van der Waals surface area contributed by atoms with Crippen molar-refractivity contribution < 1.29 is 4.21 Å². The second-order valence-electron chi connectivity index (χ2n) is 2.95. The Kier molecular flexibility index (Phi) is 2.36. The summed E-state index contributed by atoms with van der Waals surface area (Å²) in [4.78, 5) is 0. The molecule has 0 radical (unpaired) electrons. The fraction of sp³-hybridized carbons (Fsp3) is 0.857. The third-order valence-corrected chi connectivity index (χ3v) is 3.32. The first-order valence-corrected chi connectivity index (χ1v) is 5.77. The van der Waals surface area contributed by atoms with Crippen molar-refractivity contribution in [3.05, 3.63) is 0 Å². The van der Waals surface area contributed by atoms with Crippen LogP contribution >= 0.6 is 0 Å². The highest BCUT2D eigenvalue weighted by Crippen LogP contribution is 2.11. The molecule has 0 saturated carbocycles. The van der Waals surface area contributed by atoms with E-state index in [4.69, 9.17) is 0 Å². The van der Waals surface area contributed by atoms with Crippen LogP contribution in [0.5, 0.6) is 0 Å². The lowest BCUT2D eigenvalue weighted by molar-refractivity contribution is 0.366. The summed E-state index contributed by atoms with van der Waals surface area (Å²) in [5, 5.41) is 0. The Morgan fingerprint density at radius 3 is 2.10 bits per heavy atom. The van der Waals surface area contributed by atoms with Crippen LogP contribution in [-0.2, 0) is 9.71 Å². The molecule has 0 bridgehead atoms. The first-order valence-electron chi connectivity index (χ1n) is 3.68. The van der Waals surface area contributed by atoms with Crippen LogP contribution in [0.4, 0.5) is 0 Å². The Morgan fingerprint density at radius 2 is 1.80 bits per heavy atom. The fourth-order valence-electron chi connectivity index (χ4n) is 1.25. The summed E-state index contributed by atoms with van der Waals surface area (Å²) in [5.74, 6) is 3.65. The second-order valence-corrected chi connectivity index (χ2v) is 5.38. The van der Waals surface area contributed by atoms with E-state index in [-0.39, 0.29) is 0 Å². The molecule has 60 valence electrons. The van der Waals surface area contributed by atoms with Gasteiger partial charge in [-0.05, 0) is 18.7 Å². The van der Waals surface area contributed by atoms with Crippen molar-refractivity contribution in [1.82, 2.24) is 4.31 Å². The van der Waals surface area contributed by atoms with E-state index in [2.05, 4.69) is 5.87 Å². The Balaban J connectivity index is 2.56. The maximum absolute atomic E-state index is 11.4. The summed E-state index contributed by atoms with van der Waals surface area (Å²) >= 11 is 0. The molecule has 2 nitrogen and oxygen atoms in total. The average Bonchev–Trinajstić information content (AvgIpc) is 1.88. The van der Waals surface area contributed by atoms with Gasteiger partial charge in [-0.3, -0.25) is 4.21 Å². The van der Waals surface area contributed by atoms with E-state index in [1.165, 1.54) is 19.3 Å². The molecular weight excluding hydrogens is 146 g/mol. The lowest BCUT2D eigenvalue weighted by Gasteiger charge is -2.27. The van der Waals surface area contributed by atoms with E-state index >= 15 is 0 Å². The quantitative estimate of drug-likeness (QED) is 0.519. The molecule has 1 aliphatic rings. The van der Waals surface area contributed by atoms with E-state index in [9.17, 15) is 4.21 Å². The van der Waals surface area contributed by atoms with Crippen LogP contribution < -0.4 is 0 Å². The van der Waals surface area contributed by atoms with E-state index in [1.54, 1.807) is 6.26 Å². The van der Waals surface area contributed by atoms with Crippen LogP contribution in [0.25, 0.3) is 0 Å². The van der Waals surface area contributed by atoms with E-state index < -0.39 is 9.71 Å². The monoisotopic (exact) mass is 161 g/mol. The van der Waals surface area contributed by atoms with E-state index in [1.807, 2.05) is 4.31 Å². The van der Waals surface area contributed by atoms with Crippen molar-refractivity contribution in [1.29, 1.82) is 0 Å². The molecule has 10 heavy (non-hydrogen) atoms. The van der Waals surface area contributed by atoms with Crippen LogP contribution in [0.1, 0.15) is 19.3 Å². The summed E-state index contributed by atoms with van der Waals surface area (Å²) in [6, 6.07) is 0. The largest absolute Gasteiger partial charge is 0.253 e. The van der Waals surface area contributed by atoms with Gasteiger partial charge in [0.1, 0.15) is 0 Å². The maximum Gasteiger partial charge on any atom is 0.0245 e.